The third-order valence-electron chi connectivity index (χ3n) is 5.08. The Labute approximate surface area is 165 Å². The van der Waals surface area contributed by atoms with Crippen LogP contribution in [0.2, 0.25) is 0 Å². The first kappa shape index (κ1) is 19.7. The quantitative estimate of drug-likeness (QED) is 0.793. The minimum Gasteiger partial charge on any atom is -0.497 e. The summed E-state index contributed by atoms with van der Waals surface area (Å²) in [5.41, 5.74) is 2.38. The van der Waals surface area contributed by atoms with Gasteiger partial charge in [-0.1, -0.05) is 0 Å². The summed E-state index contributed by atoms with van der Waals surface area (Å²) in [7, 11) is 3.33. The molecule has 0 aromatic heterocycles. The molecule has 2 aromatic rings. The zero-order valence-electron chi connectivity index (χ0n) is 16.3. The molecule has 1 amide bonds. The first-order valence-corrected chi connectivity index (χ1v) is 9.40. The molecule has 1 N–H and O–H groups in total. The normalized spacial score (nSPS) is 16.4. The van der Waals surface area contributed by atoms with Gasteiger partial charge in [0.25, 0.3) is 0 Å². The van der Waals surface area contributed by atoms with E-state index in [0.717, 1.165) is 36.4 Å². The largest absolute Gasteiger partial charge is 0.497 e. The van der Waals surface area contributed by atoms with Crippen LogP contribution in [0.4, 0.5) is 5.69 Å². The molecule has 0 aliphatic carbocycles. The Morgan fingerprint density at radius 1 is 1.21 bits per heavy atom. The molecule has 6 heteroatoms. The van der Waals surface area contributed by atoms with Crippen LogP contribution in [0.15, 0.2) is 42.5 Å². The van der Waals surface area contributed by atoms with E-state index in [1.807, 2.05) is 18.2 Å². The fraction of sp³-hybridized carbons (Fsp3) is 0.364. The lowest BCUT2D eigenvalue weighted by molar-refractivity contribution is -0.116. The van der Waals surface area contributed by atoms with Gasteiger partial charge >= 0.3 is 0 Å². The zero-order valence-corrected chi connectivity index (χ0v) is 16.3. The number of ether oxygens (including phenoxy) is 2. The van der Waals surface area contributed by atoms with Gasteiger partial charge in [0, 0.05) is 30.3 Å². The second kappa shape index (κ2) is 9.25. The molecule has 0 spiro atoms. The predicted octanol–water partition coefficient (Wildman–Crippen LogP) is 3.74. The molecule has 2 aromatic carbocycles. The fourth-order valence-electron chi connectivity index (χ4n) is 3.64. The van der Waals surface area contributed by atoms with Crippen molar-refractivity contribution < 1.29 is 14.3 Å². The van der Waals surface area contributed by atoms with E-state index in [-0.39, 0.29) is 11.9 Å². The maximum absolute atomic E-state index is 12.3. The van der Waals surface area contributed by atoms with Crippen LogP contribution in [0.5, 0.6) is 11.5 Å². The predicted molar refractivity (Wildman–Crippen MR) is 107 cm³/mol. The molecule has 0 saturated carbocycles. The summed E-state index contributed by atoms with van der Waals surface area (Å²) in [5, 5.41) is 11.7. The monoisotopic (exact) mass is 379 g/mol. The van der Waals surface area contributed by atoms with E-state index in [9.17, 15) is 4.79 Å². The van der Waals surface area contributed by atoms with Gasteiger partial charge in [-0.15, -0.1) is 0 Å². The van der Waals surface area contributed by atoms with Crippen LogP contribution in [-0.2, 0) is 4.79 Å². The molecular formula is C22H25N3O3. The van der Waals surface area contributed by atoms with Gasteiger partial charge in [-0.05, 0) is 61.9 Å². The summed E-state index contributed by atoms with van der Waals surface area (Å²) < 4.78 is 10.9. The van der Waals surface area contributed by atoms with Crippen molar-refractivity contribution in [3.63, 3.8) is 0 Å². The Morgan fingerprint density at radius 2 is 2.00 bits per heavy atom. The number of amides is 1. The minimum absolute atomic E-state index is 0.0343. The first-order valence-electron chi connectivity index (χ1n) is 9.40. The molecule has 1 saturated heterocycles. The van der Waals surface area contributed by atoms with Crippen molar-refractivity contribution in [3.8, 4) is 17.6 Å². The topological polar surface area (TPSA) is 74.6 Å². The second-order valence-electron chi connectivity index (χ2n) is 6.79. The SMILES string of the molecule is COc1ccc(OC)c(C2CCCN2CCC(=O)Nc2ccc(C#N)cc2)c1. The zero-order chi connectivity index (χ0) is 19.9. The van der Waals surface area contributed by atoms with Crippen LogP contribution >= 0.6 is 0 Å². The summed E-state index contributed by atoms with van der Waals surface area (Å²) in [5.74, 6) is 1.62. The van der Waals surface area contributed by atoms with Crippen LogP contribution in [0, 0.1) is 11.3 Å². The van der Waals surface area contributed by atoms with Crippen molar-refractivity contribution in [2.75, 3.05) is 32.6 Å². The maximum Gasteiger partial charge on any atom is 0.225 e. The highest BCUT2D eigenvalue weighted by Gasteiger charge is 2.28. The van der Waals surface area contributed by atoms with Gasteiger partial charge in [-0.3, -0.25) is 9.69 Å². The summed E-state index contributed by atoms with van der Waals surface area (Å²) in [4.78, 5) is 14.7. The summed E-state index contributed by atoms with van der Waals surface area (Å²) in [6, 6.07) is 15.0. The van der Waals surface area contributed by atoms with E-state index in [1.54, 1.807) is 38.5 Å². The molecular weight excluding hydrogens is 354 g/mol. The van der Waals surface area contributed by atoms with E-state index in [1.165, 1.54) is 0 Å². The molecule has 1 aliphatic heterocycles. The van der Waals surface area contributed by atoms with Crippen molar-refractivity contribution in [1.82, 2.24) is 4.90 Å². The van der Waals surface area contributed by atoms with Crippen molar-refractivity contribution in [2.45, 2.75) is 25.3 Å². The highest BCUT2D eigenvalue weighted by molar-refractivity contribution is 5.90. The van der Waals surface area contributed by atoms with Crippen LogP contribution in [-0.4, -0.2) is 38.1 Å². The number of benzene rings is 2. The number of rotatable bonds is 7. The number of anilines is 1. The summed E-state index contributed by atoms with van der Waals surface area (Å²) in [6.07, 6.45) is 2.52. The van der Waals surface area contributed by atoms with Crippen molar-refractivity contribution in [1.29, 1.82) is 5.26 Å². The molecule has 0 bridgehead atoms. The molecule has 146 valence electrons. The molecule has 3 rings (SSSR count). The molecule has 1 aliphatic rings. The van der Waals surface area contributed by atoms with Crippen molar-refractivity contribution >= 4 is 11.6 Å². The number of hydrogen-bond donors (Lipinski definition) is 1. The van der Waals surface area contributed by atoms with Crippen LogP contribution in [0.3, 0.4) is 0 Å². The van der Waals surface area contributed by atoms with E-state index in [2.05, 4.69) is 16.3 Å². The third kappa shape index (κ3) is 4.62. The summed E-state index contributed by atoms with van der Waals surface area (Å²) in [6.45, 7) is 1.63. The standard InChI is InChI=1S/C22H25N3O3/c1-27-18-9-10-21(28-2)19(14-18)20-4-3-12-25(20)13-11-22(26)24-17-7-5-16(15-23)6-8-17/h5-10,14,20H,3-4,11-13H2,1-2H3,(H,24,26). The number of likely N-dealkylation sites (tertiary alicyclic amines) is 1. The lowest BCUT2D eigenvalue weighted by Crippen LogP contribution is -2.28. The van der Waals surface area contributed by atoms with E-state index < -0.39 is 0 Å². The van der Waals surface area contributed by atoms with Gasteiger partial charge in [-0.2, -0.15) is 5.26 Å². The fourth-order valence-corrected chi connectivity index (χ4v) is 3.64. The molecule has 1 unspecified atom stereocenters. The van der Waals surface area contributed by atoms with E-state index in [4.69, 9.17) is 14.7 Å². The Morgan fingerprint density at radius 3 is 2.68 bits per heavy atom. The highest BCUT2D eigenvalue weighted by atomic mass is 16.5. The van der Waals surface area contributed by atoms with Crippen LogP contribution < -0.4 is 14.8 Å². The Kier molecular flexibility index (Phi) is 6.51. The molecule has 28 heavy (non-hydrogen) atoms. The number of nitrogens with zero attached hydrogens (tertiary/aromatic N) is 2. The number of carbonyl (C=O) groups is 1. The Bertz CT molecular complexity index is 858. The third-order valence-corrected chi connectivity index (χ3v) is 5.08. The van der Waals surface area contributed by atoms with Crippen molar-refractivity contribution in [2.24, 2.45) is 0 Å². The molecule has 1 heterocycles. The van der Waals surface area contributed by atoms with Gasteiger partial charge in [0.2, 0.25) is 5.91 Å². The minimum atomic E-state index is -0.0343. The number of nitrogens with one attached hydrogen (secondary N) is 1. The second-order valence-corrected chi connectivity index (χ2v) is 6.79. The average Bonchev–Trinajstić information content (AvgIpc) is 3.20. The van der Waals surface area contributed by atoms with Crippen LogP contribution in [0.1, 0.15) is 36.4 Å². The molecule has 1 fully saturated rings. The lowest BCUT2D eigenvalue weighted by Gasteiger charge is -2.26. The molecule has 6 nitrogen and oxygen atoms in total. The van der Waals surface area contributed by atoms with E-state index >= 15 is 0 Å². The van der Waals surface area contributed by atoms with Crippen LogP contribution in [0.25, 0.3) is 0 Å². The maximum atomic E-state index is 12.3. The Balaban J connectivity index is 1.62. The van der Waals surface area contributed by atoms with Gasteiger partial charge in [-0.25, -0.2) is 0 Å². The number of methoxy groups -OCH3 is 2. The van der Waals surface area contributed by atoms with Gasteiger partial charge < -0.3 is 14.8 Å². The number of nitriles is 1. The van der Waals surface area contributed by atoms with E-state index in [0.29, 0.717) is 24.2 Å². The number of hydrogen-bond acceptors (Lipinski definition) is 5. The Hall–Kier alpha value is -3.04. The first-order chi connectivity index (χ1) is 13.6. The molecule has 1 atom stereocenters. The van der Waals surface area contributed by atoms with Gasteiger partial charge in [0.15, 0.2) is 0 Å². The lowest BCUT2D eigenvalue weighted by atomic mass is 10.0. The summed E-state index contributed by atoms with van der Waals surface area (Å²) >= 11 is 0. The number of carbonyl (C=O) groups excluding carboxylic acids is 1. The smallest absolute Gasteiger partial charge is 0.225 e. The van der Waals surface area contributed by atoms with Crippen molar-refractivity contribution in [3.05, 3.63) is 53.6 Å². The molecule has 0 radical (unpaired) electrons. The van der Waals surface area contributed by atoms with Gasteiger partial charge in [0.1, 0.15) is 11.5 Å². The van der Waals surface area contributed by atoms with Gasteiger partial charge in [0.05, 0.1) is 25.9 Å². The average molecular weight is 379 g/mol. The highest BCUT2D eigenvalue weighted by Crippen LogP contribution is 2.38.